The zero-order chi connectivity index (χ0) is 7.83. The summed E-state index contributed by atoms with van der Waals surface area (Å²) in [6, 6.07) is 1.95. The van der Waals surface area contributed by atoms with Gasteiger partial charge in [0.2, 0.25) is 10.0 Å². The smallest absolute Gasteiger partial charge is 0.210 e. The van der Waals surface area contributed by atoms with E-state index in [0.717, 1.165) is 0 Å². The van der Waals surface area contributed by atoms with Crippen LogP contribution in [0.1, 0.15) is 12.8 Å². The summed E-state index contributed by atoms with van der Waals surface area (Å²) >= 11 is 0. The first-order valence-corrected chi connectivity index (χ1v) is 4.61. The quantitative estimate of drug-likeness (QED) is 0.595. The summed E-state index contributed by atoms with van der Waals surface area (Å²) in [6.07, 6.45) is 1.33. The maximum atomic E-state index is 10.5. The predicted octanol–water partition coefficient (Wildman–Crippen LogP) is -0.421. The molecular formula is C5H8N2O2S. The fourth-order valence-electron chi connectivity index (χ4n) is 0.824. The molecule has 0 atom stereocenters. The maximum absolute atomic E-state index is 10.5. The number of nitrogens with two attached hydrogens (primary N) is 1. The Morgan fingerprint density at radius 1 is 1.60 bits per heavy atom. The SMILES string of the molecule is N#CC1(CS(N)(=O)=O)CC1. The minimum absolute atomic E-state index is 0.184. The van der Waals surface area contributed by atoms with Gasteiger partial charge in [-0.3, -0.25) is 0 Å². The normalized spacial score (nSPS) is 21.6. The molecule has 0 saturated heterocycles. The molecule has 56 valence electrons. The summed E-state index contributed by atoms with van der Waals surface area (Å²) < 4.78 is 20.9. The molecule has 1 aliphatic rings. The Morgan fingerprint density at radius 3 is 2.20 bits per heavy atom. The van der Waals surface area contributed by atoms with Gasteiger partial charge in [-0.15, -0.1) is 0 Å². The van der Waals surface area contributed by atoms with E-state index in [9.17, 15) is 8.42 Å². The lowest BCUT2D eigenvalue weighted by atomic mass is 10.2. The van der Waals surface area contributed by atoms with Crippen molar-refractivity contribution in [2.24, 2.45) is 10.6 Å². The van der Waals surface area contributed by atoms with Crippen LogP contribution in [0.3, 0.4) is 0 Å². The van der Waals surface area contributed by atoms with E-state index >= 15 is 0 Å². The van der Waals surface area contributed by atoms with Gasteiger partial charge in [-0.05, 0) is 12.8 Å². The zero-order valence-corrected chi connectivity index (χ0v) is 6.19. The molecule has 0 aromatic carbocycles. The van der Waals surface area contributed by atoms with Gasteiger partial charge in [0.15, 0.2) is 0 Å². The van der Waals surface area contributed by atoms with Crippen LogP contribution in [-0.4, -0.2) is 14.2 Å². The highest BCUT2D eigenvalue weighted by Crippen LogP contribution is 2.45. The van der Waals surface area contributed by atoms with E-state index in [-0.39, 0.29) is 5.75 Å². The van der Waals surface area contributed by atoms with Gasteiger partial charge in [0.25, 0.3) is 0 Å². The Hall–Kier alpha value is -0.600. The molecule has 0 heterocycles. The van der Waals surface area contributed by atoms with Crippen molar-refractivity contribution in [2.45, 2.75) is 12.8 Å². The van der Waals surface area contributed by atoms with Crippen molar-refractivity contribution in [1.29, 1.82) is 5.26 Å². The summed E-state index contributed by atoms with van der Waals surface area (Å²) in [5.41, 5.74) is -0.631. The molecule has 0 bridgehead atoms. The van der Waals surface area contributed by atoms with E-state index in [1.165, 1.54) is 0 Å². The van der Waals surface area contributed by atoms with Crippen molar-refractivity contribution in [3.05, 3.63) is 0 Å². The first-order chi connectivity index (χ1) is 4.47. The third-order valence-corrected chi connectivity index (χ3v) is 2.52. The molecule has 2 N–H and O–H groups in total. The largest absolute Gasteiger partial charge is 0.229 e. The van der Waals surface area contributed by atoms with E-state index < -0.39 is 15.4 Å². The van der Waals surface area contributed by atoms with E-state index in [2.05, 4.69) is 0 Å². The number of nitriles is 1. The monoisotopic (exact) mass is 160 g/mol. The molecule has 0 aromatic rings. The Balaban J connectivity index is 2.65. The standard InChI is InChI=1S/C5H8N2O2S/c6-3-5(1-2-5)4-10(7,8)9/h1-2,4H2,(H2,7,8,9). The zero-order valence-electron chi connectivity index (χ0n) is 5.37. The van der Waals surface area contributed by atoms with Gasteiger partial charge in [-0.1, -0.05) is 0 Å². The Bertz CT molecular complexity index is 271. The number of primary sulfonamides is 1. The van der Waals surface area contributed by atoms with Crippen molar-refractivity contribution < 1.29 is 8.42 Å². The lowest BCUT2D eigenvalue weighted by Crippen LogP contribution is -2.22. The minimum atomic E-state index is -3.45. The topological polar surface area (TPSA) is 83.9 Å². The number of nitrogens with zero attached hydrogens (tertiary/aromatic N) is 1. The highest BCUT2D eigenvalue weighted by atomic mass is 32.2. The molecule has 5 heteroatoms. The van der Waals surface area contributed by atoms with Crippen LogP contribution in [0.25, 0.3) is 0 Å². The molecule has 0 unspecified atom stereocenters. The van der Waals surface area contributed by atoms with Crippen LogP contribution in [0.15, 0.2) is 0 Å². The molecule has 0 aliphatic heterocycles. The Morgan fingerprint density at radius 2 is 2.10 bits per heavy atom. The molecule has 4 nitrogen and oxygen atoms in total. The molecular weight excluding hydrogens is 152 g/mol. The van der Waals surface area contributed by atoms with E-state index in [1.807, 2.05) is 6.07 Å². The predicted molar refractivity (Wildman–Crippen MR) is 35.3 cm³/mol. The summed E-state index contributed by atoms with van der Waals surface area (Å²) in [5.74, 6) is -0.184. The van der Waals surface area contributed by atoms with Crippen molar-refractivity contribution in [3.63, 3.8) is 0 Å². The van der Waals surface area contributed by atoms with E-state index in [4.69, 9.17) is 10.4 Å². The fraction of sp³-hybridized carbons (Fsp3) is 0.800. The molecule has 0 radical (unpaired) electrons. The molecule has 0 amide bonds. The molecule has 1 saturated carbocycles. The van der Waals surface area contributed by atoms with Crippen LogP contribution >= 0.6 is 0 Å². The summed E-state index contributed by atoms with van der Waals surface area (Å²) in [6.45, 7) is 0. The van der Waals surface area contributed by atoms with Gasteiger partial charge < -0.3 is 0 Å². The number of hydrogen-bond acceptors (Lipinski definition) is 3. The third-order valence-electron chi connectivity index (χ3n) is 1.57. The van der Waals surface area contributed by atoms with Crippen LogP contribution in [0.4, 0.5) is 0 Å². The van der Waals surface area contributed by atoms with E-state index in [0.29, 0.717) is 12.8 Å². The van der Waals surface area contributed by atoms with Gasteiger partial charge >= 0.3 is 0 Å². The van der Waals surface area contributed by atoms with Gasteiger partial charge in [0.1, 0.15) is 0 Å². The molecule has 1 rings (SSSR count). The number of hydrogen-bond donors (Lipinski definition) is 1. The van der Waals surface area contributed by atoms with Crippen LogP contribution in [0.2, 0.25) is 0 Å². The Kier molecular flexibility index (Phi) is 1.46. The molecule has 1 aliphatic carbocycles. The second kappa shape index (κ2) is 1.94. The molecule has 10 heavy (non-hydrogen) atoms. The van der Waals surface area contributed by atoms with Crippen molar-refractivity contribution in [2.75, 3.05) is 5.75 Å². The van der Waals surface area contributed by atoms with Crippen molar-refractivity contribution >= 4 is 10.0 Å². The second-order valence-electron chi connectivity index (χ2n) is 2.70. The van der Waals surface area contributed by atoms with Crippen LogP contribution in [-0.2, 0) is 10.0 Å². The first-order valence-electron chi connectivity index (χ1n) is 2.89. The summed E-state index contributed by atoms with van der Waals surface area (Å²) in [4.78, 5) is 0. The van der Waals surface area contributed by atoms with Crippen molar-refractivity contribution in [3.8, 4) is 6.07 Å². The maximum Gasteiger partial charge on any atom is 0.210 e. The molecule has 0 spiro atoms. The van der Waals surface area contributed by atoms with E-state index in [1.54, 1.807) is 0 Å². The van der Waals surface area contributed by atoms with Gasteiger partial charge in [-0.25, -0.2) is 13.6 Å². The number of sulfonamides is 1. The average molecular weight is 160 g/mol. The summed E-state index contributed by atoms with van der Waals surface area (Å²) in [7, 11) is -3.45. The van der Waals surface area contributed by atoms with Gasteiger partial charge in [0, 0.05) is 0 Å². The molecule has 1 fully saturated rings. The lowest BCUT2D eigenvalue weighted by molar-refractivity contribution is 0.585. The molecule has 0 aromatic heterocycles. The third kappa shape index (κ3) is 1.69. The highest BCUT2D eigenvalue weighted by Gasteiger charge is 2.46. The van der Waals surface area contributed by atoms with Gasteiger partial charge in [0.05, 0.1) is 17.2 Å². The minimum Gasteiger partial charge on any atom is -0.229 e. The van der Waals surface area contributed by atoms with Crippen LogP contribution in [0.5, 0.6) is 0 Å². The van der Waals surface area contributed by atoms with Gasteiger partial charge in [-0.2, -0.15) is 5.26 Å². The van der Waals surface area contributed by atoms with Crippen LogP contribution in [0, 0.1) is 16.7 Å². The average Bonchev–Trinajstić information content (AvgIpc) is 2.45. The van der Waals surface area contributed by atoms with Crippen molar-refractivity contribution in [1.82, 2.24) is 0 Å². The summed E-state index contributed by atoms with van der Waals surface area (Å²) in [5, 5.41) is 13.2. The van der Waals surface area contributed by atoms with Crippen LogP contribution < -0.4 is 5.14 Å². The Labute approximate surface area is 59.7 Å². The number of rotatable bonds is 2. The highest BCUT2D eigenvalue weighted by molar-refractivity contribution is 7.89. The lowest BCUT2D eigenvalue weighted by Gasteiger charge is -2.00. The fourth-order valence-corrected chi connectivity index (χ4v) is 1.95. The second-order valence-corrected chi connectivity index (χ2v) is 4.31. The first kappa shape index (κ1) is 7.51.